The molecule has 0 radical (unpaired) electrons. The number of carbonyl (C=O) groups is 1. The molecule has 0 spiro atoms. The van der Waals surface area contributed by atoms with E-state index in [2.05, 4.69) is 10.2 Å². The zero-order chi connectivity index (χ0) is 20.3. The number of carbonyl (C=O) groups excluding carboxylic acids is 1. The first-order valence-electron chi connectivity index (χ1n) is 8.27. The Morgan fingerprint density at radius 2 is 1.68 bits per heavy atom. The monoisotopic (exact) mass is 402 g/mol. The summed E-state index contributed by atoms with van der Waals surface area (Å²) in [6.45, 7) is 1.61. The van der Waals surface area contributed by atoms with E-state index in [9.17, 15) is 13.2 Å². The second-order valence-corrected chi connectivity index (χ2v) is 8.03. The van der Waals surface area contributed by atoms with Gasteiger partial charge >= 0.3 is 5.97 Å². The number of hydrogen-bond donors (Lipinski definition) is 0. The molecule has 9 heteroatoms. The van der Waals surface area contributed by atoms with Gasteiger partial charge in [-0.3, -0.25) is 0 Å². The van der Waals surface area contributed by atoms with Gasteiger partial charge in [0.25, 0.3) is 5.89 Å². The highest BCUT2D eigenvalue weighted by molar-refractivity contribution is 7.90. The number of esters is 1. The number of rotatable bonds is 6. The molecule has 8 nitrogen and oxygen atoms in total. The van der Waals surface area contributed by atoms with Gasteiger partial charge in [-0.05, 0) is 55.5 Å². The van der Waals surface area contributed by atoms with Crippen molar-refractivity contribution in [3.05, 3.63) is 60.0 Å². The molecule has 0 aliphatic heterocycles. The number of benzene rings is 2. The van der Waals surface area contributed by atoms with E-state index in [1.54, 1.807) is 38.3 Å². The minimum absolute atomic E-state index is 0.123. The Morgan fingerprint density at radius 1 is 1.04 bits per heavy atom. The fourth-order valence-electron chi connectivity index (χ4n) is 2.37. The maximum absolute atomic E-state index is 12.3. The molecule has 0 amide bonds. The third-order valence-corrected chi connectivity index (χ3v) is 5.06. The Labute approximate surface area is 162 Å². The van der Waals surface area contributed by atoms with Crippen molar-refractivity contribution < 1.29 is 27.1 Å². The van der Waals surface area contributed by atoms with Gasteiger partial charge in [-0.15, -0.1) is 10.2 Å². The third kappa shape index (κ3) is 4.37. The average Bonchev–Trinajstić information content (AvgIpc) is 3.18. The number of hydrogen-bond acceptors (Lipinski definition) is 8. The Bertz CT molecular complexity index is 1070. The van der Waals surface area contributed by atoms with Crippen molar-refractivity contribution in [1.82, 2.24) is 10.2 Å². The fourth-order valence-corrected chi connectivity index (χ4v) is 3.00. The van der Waals surface area contributed by atoms with E-state index >= 15 is 0 Å². The quantitative estimate of drug-likeness (QED) is 0.579. The number of aromatic nitrogens is 2. The molecule has 3 rings (SSSR count). The van der Waals surface area contributed by atoms with E-state index in [0.29, 0.717) is 11.3 Å². The van der Waals surface area contributed by atoms with E-state index in [1.807, 2.05) is 0 Å². The average molecular weight is 402 g/mol. The lowest BCUT2D eigenvalue weighted by molar-refractivity contribution is 0.0279. The van der Waals surface area contributed by atoms with Crippen LogP contribution in [0.3, 0.4) is 0 Å². The summed E-state index contributed by atoms with van der Waals surface area (Å²) >= 11 is 0. The van der Waals surface area contributed by atoms with Gasteiger partial charge in [0.2, 0.25) is 5.89 Å². The lowest BCUT2D eigenvalue weighted by Gasteiger charge is -2.09. The Hall–Kier alpha value is -3.20. The van der Waals surface area contributed by atoms with Crippen molar-refractivity contribution in [3.8, 4) is 17.2 Å². The van der Waals surface area contributed by atoms with Crippen LogP contribution < -0.4 is 4.74 Å². The van der Waals surface area contributed by atoms with Crippen molar-refractivity contribution in [3.63, 3.8) is 0 Å². The molecule has 1 aromatic heterocycles. The normalized spacial score (nSPS) is 12.4. The molecule has 0 unspecified atom stereocenters. The summed E-state index contributed by atoms with van der Waals surface area (Å²) in [6.07, 6.45) is 0.319. The first-order chi connectivity index (χ1) is 13.3. The Kier molecular flexibility index (Phi) is 5.46. The second-order valence-electron chi connectivity index (χ2n) is 6.02. The van der Waals surface area contributed by atoms with Crippen molar-refractivity contribution >= 4 is 15.8 Å². The van der Waals surface area contributed by atoms with Gasteiger partial charge in [-0.2, -0.15) is 0 Å². The topological polar surface area (TPSA) is 109 Å². The number of methoxy groups -OCH3 is 1. The maximum atomic E-state index is 12.3. The van der Waals surface area contributed by atoms with Crippen LogP contribution in [0.25, 0.3) is 11.5 Å². The van der Waals surface area contributed by atoms with Gasteiger partial charge in [0.05, 0.1) is 17.6 Å². The molecule has 28 heavy (non-hydrogen) atoms. The van der Waals surface area contributed by atoms with Crippen LogP contribution in [0.1, 0.15) is 29.3 Å². The van der Waals surface area contributed by atoms with Crippen LogP contribution in [0.4, 0.5) is 0 Å². The number of sulfone groups is 1. The molecule has 0 fully saturated rings. The summed E-state index contributed by atoms with van der Waals surface area (Å²) in [5.74, 6) is 0.509. The molecule has 0 bridgehead atoms. The summed E-state index contributed by atoms with van der Waals surface area (Å²) in [4.78, 5) is 12.4. The summed E-state index contributed by atoms with van der Waals surface area (Å²) in [5, 5.41) is 7.89. The molecule has 0 saturated carbocycles. The van der Waals surface area contributed by atoms with E-state index < -0.39 is 21.9 Å². The predicted molar refractivity (Wildman–Crippen MR) is 99.7 cm³/mol. The largest absolute Gasteiger partial charge is 0.497 e. The van der Waals surface area contributed by atoms with Gasteiger partial charge in [-0.1, -0.05) is 0 Å². The van der Waals surface area contributed by atoms with Gasteiger partial charge in [0.15, 0.2) is 15.9 Å². The predicted octanol–water partition coefficient (Wildman–Crippen LogP) is 3.07. The van der Waals surface area contributed by atoms with Crippen LogP contribution in [0, 0.1) is 0 Å². The number of ether oxygens (including phenoxy) is 2. The third-order valence-electron chi connectivity index (χ3n) is 3.93. The maximum Gasteiger partial charge on any atom is 0.338 e. The van der Waals surface area contributed by atoms with Crippen LogP contribution >= 0.6 is 0 Å². The smallest absolute Gasteiger partial charge is 0.338 e. The molecular formula is C19H18N2O6S. The summed E-state index contributed by atoms with van der Waals surface area (Å²) in [5.41, 5.74) is 0.920. The van der Waals surface area contributed by atoms with Crippen LogP contribution in [0.5, 0.6) is 5.75 Å². The van der Waals surface area contributed by atoms with Gasteiger partial charge < -0.3 is 13.9 Å². The molecule has 2 aromatic carbocycles. The molecule has 0 N–H and O–H groups in total. The van der Waals surface area contributed by atoms with Crippen molar-refractivity contribution in [2.45, 2.75) is 17.9 Å². The van der Waals surface area contributed by atoms with Crippen LogP contribution in [0.15, 0.2) is 57.8 Å². The Balaban J connectivity index is 1.69. The van der Waals surface area contributed by atoms with Crippen molar-refractivity contribution in [1.29, 1.82) is 0 Å². The highest BCUT2D eigenvalue weighted by atomic mass is 32.2. The zero-order valence-corrected chi connectivity index (χ0v) is 16.3. The summed E-state index contributed by atoms with van der Waals surface area (Å²) in [6, 6.07) is 12.6. The van der Waals surface area contributed by atoms with Crippen LogP contribution in [-0.4, -0.2) is 38.0 Å². The van der Waals surface area contributed by atoms with Gasteiger partial charge in [0, 0.05) is 11.8 Å². The van der Waals surface area contributed by atoms with Crippen LogP contribution in [0.2, 0.25) is 0 Å². The van der Waals surface area contributed by atoms with E-state index in [-0.39, 0.29) is 22.2 Å². The summed E-state index contributed by atoms with van der Waals surface area (Å²) in [7, 11) is -1.76. The Morgan fingerprint density at radius 3 is 2.25 bits per heavy atom. The van der Waals surface area contributed by atoms with Crippen molar-refractivity contribution in [2.75, 3.05) is 13.4 Å². The van der Waals surface area contributed by atoms with E-state index in [0.717, 1.165) is 6.26 Å². The molecule has 0 aliphatic rings. The molecule has 1 heterocycles. The first kappa shape index (κ1) is 19.6. The SMILES string of the molecule is COc1ccc(-c2nnc([C@H](C)OC(=O)c3ccc(S(C)(=O)=O)cc3)o2)cc1. The lowest BCUT2D eigenvalue weighted by atomic mass is 10.2. The molecule has 1 atom stereocenters. The van der Waals surface area contributed by atoms with Crippen molar-refractivity contribution in [2.24, 2.45) is 0 Å². The summed E-state index contributed by atoms with van der Waals surface area (Å²) < 4.78 is 39.0. The highest BCUT2D eigenvalue weighted by Gasteiger charge is 2.20. The number of nitrogens with zero attached hydrogens (tertiary/aromatic N) is 2. The van der Waals surface area contributed by atoms with Gasteiger partial charge in [-0.25, -0.2) is 13.2 Å². The van der Waals surface area contributed by atoms with E-state index in [4.69, 9.17) is 13.9 Å². The first-order valence-corrected chi connectivity index (χ1v) is 10.2. The highest BCUT2D eigenvalue weighted by Crippen LogP contribution is 2.25. The molecular weight excluding hydrogens is 384 g/mol. The zero-order valence-electron chi connectivity index (χ0n) is 15.4. The van der Waals surface area contributed by atoms with Gasteiger partial charge in [0.1, 0.15) is 5.75 Å². The standard InChI is InChI=1S/C19H18N2O6S/c1-12(26-19(22)14-6-10-16(11-7-14)28(3,23)24)17-20-21-18(27-17)13-4-8-15(25-2)9-5-13/h4-12H,1-3H3/t12-/m0/s1. The van der Waals surface area contributed by atoms with Crippen LogP contribution in [-0.2, 0) is 14.6 Å². The van der Waals surface area contributed by atoms with E-state index in [1.165, 1.54) is 24.3 Å². The second kappa shape index (κ2) is 7.81. The molecule has 3 aromatic rings. The molecule has 0 aliphatic carbocycles. The minimum atomic E-state index is -3.33. The fraction of sp³-hybridized carbons (Fsp3) is 0.211. The lowest BCUT2D eigenvalue weighted by Crippen LogP contribution is -2.10. The molecule has 146 valence electrons. The minimum Gasteiger partial charge on any atom is -0.497 e. The molecule has 0 saturated heterocycles.